The summed E-state index contributed by atoms with van der Waals surface area (Å²) in [7, 11) is -2.22. The van der Waals surface area contributed by atoms with Crippen LogP contribution in [-0.4, -0.2) is 57.6 Å². The van der Waals surface area contributed by atoms with E-state index in [-0.39, 0.29) is 42.8 Å². The molecule has 0 aliphatic rings. The average Bonchev–Trinajstić information content (AvgIpc) is 2.98. The first-order chi connectivity index (χ1) is 20.9. The van der Waals surface area contributed by atoms with E-state index < -0.39 is 16.1 Å². The summed E-state index contributed by atoms with van der Waals surface area (Å²) in [6.07, 6.45) is 3.30. The Kier molecular flexibility index (Phi) is 13.6. The van der Waals surface area contributed by atoms with Gasteiger partial charge in [0.1, 0.15) is 11.8 Å². The molecular weight excluding hydrogens is 645 g/mol. The van der Waals surface area contributed by atoms with Crippen LogP contribution in [0.5, 0.6) is 5.75 Å². The quantitative estimate of drug-likeness (QED) is 0.169. The van der Waals surface area contributed by atoms with E-state index >= 15 is 0 Å². The number of carbonyl (C=O) groups excluding carboxylic acids is 2. The molecule has 0 aliphatic carbocycles. The zero-order valence-electron chi connectivity index (χ0n) is 25.1. The van der Waals surface area contributed by atoms with Gasteiger partial charge in [-0.05, 0) is 54.3 Å². The molecule has 0 saturated carbocycles. The molecule has 0 bridgehead atoms. The molecule has 3 aromatic carbocycles. The van der Waals surface area contributed by atoms with Crippen LogP contribution >= 0.6 is 34.8 Å². The Morgan fingerprint density at radius 2 is 1.64 bits per heavy atom. The van der Waals surface area contributed by atoms with E-state index in [9.17, 15) is 18.0 Å². The van der Waals surface area contributed by atoms with Crippen LogP contribution < -0.4 is 14.4 Å². The van der Waals surface area contributed by atoms with Crippen molar-refractivity contribution >= 4 is 62.3 Å². The van der Waals surface area contributed by atoms with Crippen molar-refractivity contribution in [2.24, 2.45) is 0 Å². The monoisotopic (exact) mass is 681 g/mol. The molecule has 44 heavy (non-hydrogen) atoms. The van der Waals surface area contributed by atoms with Crippen LogP contribution in [0.1, 0.15) is 43.7 Å². The van der Waals surface area contributed by atoms with Crippen molar-refractivity contribution in [3.8, 4) is 5.75 Å². The molecule has 0 saturated heterocycles. The molecule has 0 aromatic heterocycles. The summed E-state index contributed by atoms with van der Waals surface area (Å²) in [4.78, 5) is 29.1. The number of nitrogens with one attached hydrogen (secondary N) is 1. The first-order valence-corrected chi connectivity index (χ1v) is 17.3. The van der Waals surface area contributed by atoms with Crippen molar-refractivity contribution in [3.05, 3.63) is 92.9 Å². The van der Waals surface area contributed by atoms with Gasteiger partial charge < -0.3 is 15.0 Å². The predicted octanol–water partition coefficient (Wildman–Crippen LogP) is 6.76. The van der Waals surface area contributed by atoms with Crippen LogP contribution in [0.15, 0.2) is 66.7 Å². The van der Waals surface area contributed by atoms with Gasteiger partial charge in [0.15, 0.2) is 0 Å². The van der Waals surface area contributed by atoms with Gasteiger partial charge in [-0.25, -0.2) is 8.42 Å². The van der Waals surface area contributed by atoms with Crippen molar-refractivity contribution in [3.63, 3.8) is 0 Å². The molecule has 1 unspecified atom stereocenters. The van der Waals surface area contributed by atoms with E-state index in [1.807, 2.05) is 37.3 Å². The molecule has 1 atom stereocenters. The Balaban J connectivity index is 1.90. The van der Waals surface area contributed by atoms with Gasteiger partial charge in [0.05, 0.1) is 34.1 Å². The number of methoxy groups -OCH3 is 1. The number of ether oxygens (including phenoxy) is 1. The Morgan fingerprint density at radius 1 is 0.909 bits per heavy atom. The predicted molar refractivity (Wildman–Crippen MR) is 178 cm³/mol. The highest BCUT2D eigenvalue weighted by Crippen LogP contribution is 2.30. The third-order valence-electron chi connectivity index (χ3n) is 7.01. The highest BCUT2D eigenvalue weighted by molar-refractivity contribution is 7.92. The molecule has 0 spiro atoms. The van der Waals surface area contributed by atoms with Gasteiger partial charge >= 0.3 is 0 Å². The molecule has 1 N–H and O–H groups in total. The van der Waals surface area contributed by atoms with Gasteiger partial charge in [-0.15, -0.1) is 0 Å². The first kappa shape index (κ1) is 35.5. The smallest absolute Gasteiger partial charge is 0.243 e. The number of hydrogen-bond acceptors (Lipinski definition) is 5. The van der Waals surface area contributed by atoms with Crippen LogP contribution in [0.25, 0.3) is 0 Å². The first-order valence-electron chi connectivity index (χ1n) is 14.3. The summed E-state index contributed by atoms with van der Waals surface area (Å²) < 4.78 is 31.8. The second-order valence-corrected chi connectivity index (χ2v) is 13.5. The largest absolute Gasteiger partial charge is 0.495 e. The number of unbranched alkanes of at least 4 members (excludes halogenated alkanes) is 1. The lowest BCUT2D eigenvalue weighted by Gasteiger charge is -2.32. The van der Waals surface area contributed by atoms with E-state index in [1.54, 1.807) is 35.2 Å². The summed E-state index contributed by atoms with van der Waals surface area (Å²) in [6.45, 7) is 2.66. The Morgan fingerprint density at radius 3 is 2.25 bits per heavy atom. The number of benzene rings is 3. The molecule has 0 radical (unpaired) electrons. The Hall–Kier alpha value is -2.98. The minimum atomic E-state index is -3.70. The van der Waals surface area contributed by atoms with Crippen LogP contribution in [0, 0.1) is 0 Å². The summed E-state index contributed by atoms with van der Waals surface area (Å²) in [6, 6.07) is 18.5. The number of halogens is 3. The van der Waals surface area contributed by atoms with Gasteiger partial charge in [-0.3, -0.25) is 13.9 Å². The lowest BCUT2D eigenvalue weighted by atomic mass is 10.0. The molecule has 3 rings (SSSR count). The van der Waals surface area contributed by atoms with Crippen molar-refractivity contribution in [1.82, 2.24) is 10.2 Å². The number of nitrogens with zero attached hydrogens (tertiary/aromatic N) is 2. The maximum atomic E-state index is 14.0. The Bertz CT molecular complexity index is 1520. The molecule has 0 aliphatic heterocycles. The highest BCUT2D eigenvalue weighted by atomic mass is 35.5. The number of carbonyl (C=O) groups is 2. The van der Waals surface area contributed by atoms with E-state index in [0.29, 0.717) is 40.0 Å². The van der Waals surface area contributed by atoms with Crippen LogP contribution in [-0.2, 0) is 32.6 Å². The highest BCUT2D eigenvalue weighted by Gasteiger charge is 2.30. The van der Waals surface area contributed by atoms with E-state index in [1.165, 1.54) is 17.5 Å². The number of sulfonamides is 1. The topological polar surface area (TPSA) is 96.0 Å². The minimum absolute atomic E-state index is 0.00917. The van der Waals surface area contributed by atoms with E-state index in [0.717, 1.165) is 24.7 Å². The number of rotatable bonds is 16. The van der Waals surface area contributed by atoms with E-state index in [4.69, 9.17) is 39.5 Å². The molecule has 3 aromatic rings. The van der Waals surface area contributed by atoms with Crippen LogP contribution in [0.2, 0.25) is 15.1 Å². The van der Waals surface area contributed by atoms with Gasteiger partial charge in [0, 0.05) is 32.5 Å². The second-order valence-electron chi connectivity index (χ2n) is 10.4. The summed E-state index contributed by atoms with van der Waals surface area (Å²) >= 11 is 18.7. The number of hydrogen-bond donors (Lipinski definition) is 1. The molecule has 0 fully saturated rings. The number of amides is 2. The maximum Gasteiger partial charge on any atom is 0.243 e. The Labute approximate surface area is 275 Å². The van der Waals surface area contributed by atoms with E-state index in [2.05, 4.69) is 5.32 Å². The maximum absolute atomic E-state index is 14.0. The number of anilines is 1. The lowest BCUT2D eigenvalue weighted by Crippen LogP contribution is -2.50. The average molecular weight is 683 g/mol. The molecule has 8 nitrogen and oxygen atoms in total. The normalized spacial score (nSPS) is 12.0. The third-order valence-corrected chi connectivity index (χ3v) is 9.24. The molecule has 238 valence electrons. The SMILES string of the molecule is CCCCNC(=O)C(Cc1ccccc1)N(Cc1ccc(Cl)c(Cl)c1)C(=O)CCCN(c1ccc(OC)c(Cl)c1)S(C)(=O)=O. The second kappa shape index (κ2) is 16.9. The summed E-state index contributed by atoms with van der Waals surface area (Å²) in [5.74, 6) is -0.149. The fraction of sp³-hybridized carbons (Fsp3) is 0.375. The van der Waals surface area contributed by atoms with Crippen molar-refractivity contribution < 1.29 is 22.7 Å². The molecule has 0 heterocycles. The van der Waals surface area contributed by atoms with Crippen molar-refractivity contribution in [1.29, 1.82) is 0 Å². The summed E-state index contributed by atoms with van der Waals surface area (Å²) in [5, 5.41) is 3.97. The fourth-order valence-corrected chi connectivity index (χ4v) is 6.24. The van der Waals surface area contributed by atoms with Crippen LogP contribution in [0.3, 0.4) is 0 Å². The van der Waals surface area contributed by atoms with Gasteiger partial charge in [0.25, 0.3) is 0 Å². The van der Waals surface area contributed by atoms with Gasteiger partial charge in [-0.1, -0.05) is 84.5 Å². The standard InChI is InChI=1S/C32H38Cl3N3O5S/c1-4-5-17-36-32(40)29(20-23-10-7-6-8-11-23)37(22-24-13-15-26(33)27(34)19-24)31(39)12-9-18-38(44(3,41)42)25-14-16-30(43-2)28(35)21-25/h6-8,10-11,13-16,19,21,29H,4-5,9,12,17-18,20,22H2,1-3H3,(H,36,40). The summed E-state index contributed by atoms with van der Waals surface area (Å²) in [5.41, 5.74) is 1.96. The van der Waals surface area contributed by atoms with Gasteiger partial charge in [-0.2, -0.15) is 0 Å². The molecule has 2 amide bonds. The third kappa shape index (κ3) is 10.3. The zero-order valence-corrected chi connectivity index (χ0v) is 28.1. The zero-order chi connectivity index (χ0) is 32.3. The molecule has 12 heteroatoms. The van der Waals surface area contributed by atoms with Crippen molar-refractivity contribution in [2.45, 2.75) is 51.6 Å². The van der Waals surface area contributed by atoms with Gasteiger partial charge in [0.2, 0.25) is 21.8 Å². The minimum Gasteiger partial charge on any atom is -0.495 e. The van der Waals surface area contributed by atoms with Crippen LogP contribution in [0.4, 0.5) is 5.69 Å². The fourth-order valence-electron chi connectivity index (χ4n) is 4.71. The van der Waals surface area contributed by atoms with Crippen molar-refractivity contribution in [2.75, 3.05) is 30.8 Å². The lowest BCUT2D eigenvalue weighted by molar-refractivity contribution is -0.141. The molecular formula is C32H38Cl3N3O5S.